The Morgan fingerprint density at radius 2 is 2.05 bits per heavy atom. The number of aryl methyl sites for hydroxylation is 2. The van der Waals surface area contributed by atoms with Crippen LogP contribution in [0.15, 0.2) is 18.2 Å². The van der Waals surface area contributed by atoms with E-state index >= 15 is 0 Å². The molecular weight excluding hydrogens is 264 g/mol. The molecule has 0 aliphatic heterocycles. The topological polar surface area (TPSA) is 64.3 Å². The lowest BCUT2D eigenvalue weighted by Gasteiger charge is -2.26. The number of carbonyl (C=O) groups is 1. The number of primary amides is 1. The predicted molar refractivity (Wildman–Crippen MR) is 86.5 cm³/mol. The molecule has 4 nitrogen and oxygen atoms in total. The van der Waals surface area contributed by atoms with Gasteiger partial charge in [-0.2, -0.15) is 0 Å². The van der Waals surface area contributed by atoms with Gasteiger partial charge in [-0.15, -0.1) is 0 Å². The van der Waals surface area contributed by atoms with Crippen molar-refractivity contribution in [2.75, 3.05) is 13.2 Å². The van der Waals surface area contributed by atoms with Crippen molar-refractivity contribution in [2.24, 2.45) is 5.73 Å². The van der Waals surface area contributed by atoms with Crippen LogP contribution in [-0.2, 0) is 4.79 Å². The van der Waals surface area contributed by atoms with Gasteiger partial charge in [0.25, 0.3) is 0 Å². The van der Waals surface area contributed by atoms with Crippen molar-refractivity contribution in [3.05, 3.63) is 29.3 Å². The van der Waals surface area contributed by atoms with Crippen molar-refractivity contribution in [3.63, 3.8) is 0 Å². The monoisotopic (exact) mass is 292 g/mol. The maximum atomic E-state index is 11.5. The molecule has 1 aromatic rings. The highest BCUT2D eigenvalue weighted by atomic mass is 16.5. The Morgan fingerprint density at radius 1 is 1.33 bits per heavy atom. The van der Waals surface area contributed by atoms with E-state index in [4.69, 9.17) is 10.5 Å². The molecule has 1 rings (SSSR count). The molecule has 0 saturated heterocycles. The van der Waals surface area contributed by atoms with Crippen molar-refractivity contribution in [1.29, 1.82) is 0 Å². The fraction of sp³-hybridized carbons (Fsp3) is 0.588. The summed E-state index contributed by atoms with van der Waals surface area (Å²) in [6.45, 7) is 9.34. The Balaban J connectivity index is 2.37. The van der Waals surface area contributed by atoms with Gasteiger partial charge >= 0.3 is 0 Å². The summed E-state index contributed by atoms with van der Waals surface area (Å²) in [6, 6.07) is 6.21. The largest absolute Gasteiger partial charge is 0.493 e. The van der Waals surface area contributed by atoms with Gasteiger partial charge in [0.2, 0.25) is 5.91 Å². The number of hydrogen-bond donors (Lipinski definition) is 2. The molecule has 0 heterocycles. The van der Waals surface area contributed by atoms with E-state index in [1.54, 1.807) is 0 Å². The lowest BCUT2D eigenvalue weighted by molar-refractivity contribution is -0.124. The van der Waals surface area contributed by atoms with Gasteiger partial charge < -0.3 is 15.8 Å². The van der Waals surface area contributed by atoms with Crippen LogP contribution in [0.1, 0.15) is 44.2 Å². The van der Waals surface area contributed by atoms with Gasteiger partial charge in [0.15, 0.2) is 0 Å². The summed E-state index contributed by atoms with van der Waals surface area (Å²) in [5, 5.41) is 3.17. The lowest BCUT2D eigenvalue weighted by Crippen LogP contribution is -2.53. The number of carbonyl (C=O) groups excluding carboxylic acids is 1. The summed E-state index contributed by atoms with van der Waals surface area (Å²) in [4.78, 5) is 11.5. The van der Waals surface area contributed by atoms with Gasteiger partial charge in [-0.25, -0.2) is 0 Å². The molecule has 1 atom stereocenters. The molecule has 118 valence electrons. The first kappa shape index (κ1) is 17.5. The molecule has 0 saturated carbocycles. The van der Waals surface area contributed by atoms with E-state index in [1.165, 1.54) is 5.56 Å². The van der Waals surface area contributed by atoms with Gasteiger partial charge in [0.05, 0.1) is 12.1 Å². The first-order valence-corrected chi connectivity index (χ1v) is 7.64. The van der Waals surface area contributed by atoms with Gasteiger partial charge in [0.1, 0.15) is 5.75 Å². The zero-order valence-corrected chi connectivity index (χ0v) is 13.7. The van der Waals surface area contributed by atoms with Crippen LogP contribution in [-0.4, -0.2) is 24.6 Å². The number of likely N-dealkylation sites (N-methyl/N-ethyl adjacent to an activating group) is 1. The highest BCUT2D eigenvalue weighted by Gasteiger charge is 2.28. The number of amides is 1. The SMILES string of the molecule is CCNC(C)(CCCCOc1cc(C)ccc1C)C(N)=O. The van der Waals surface area contributed by atoms with Crippen LogP contribution in [0.5, 0.6) is 5.75 Å². The minimum absolute atomic E-state index is 0.292. The summed E-state index contributed by atoms with van der Waals surface area (Å²) >= 11 is 0. The van der Waals surface area contributed by atoms with Crippen LogP contribution in [0.4, 0.5) is 0 Å². The first-order valence-electron chi connectivity index (χ1n) is 7.64. The molecular formula is C17H28N2O2. The van der Waals surface area contributed by atoms with Gasteiger partial charge in [-0.1, -0.05) is 19.1 Å². The molecule has 0 aliphatic rings. The van der Waals surface area contributed by atoms with E-state index in [9.17, 15) is 4.79 Å². The molecule has 1 aromatic carbocycles. The van der Waals surface area contributed by atoms with Crippen molar-refractivity contribution < 1.29 is 9.53 Å². The number of unbranched alkanes of at least 4 members (excludes halogenated alkanes) is 1. The molecule has 0 bridgehead atoms. The molecule has 0 fully saturated rings. The Bertz CT molecular complexity index is 474. The Morgan fingerprint density at radius 3 is 2.67 bits per heavy atom. The zero-order chi connectivity index (χ0) is 15.9. The van der Waals surface area contributed by atoms with E-state index in [1.807, 2.05) is 20.8 Å². The maximum absolute atomic E-state index is 11.5. The quantitative estimate of drug-likeness (QED) is 0.688. The van der Waals surface area contributed by atoms with Crippen molar-refractivity contribution in [1.82, 2.24) is 5.32 Å². The Kier molecular flexibility index (Phi) is 6.69. The molecule has 0 aliphatic carbocycles. The normalized spacial score (nSPS) is 13.7. The molecule has 0 spiro atoms. The molecule has 0 radical (unpaired) electrons. The third-order valence-corrected chi connectivity index (χ3v) is 3.78. The van der Waals surface area contributed by atoms with Gasteiger partial charge in [-0.3, -0.25) is 4.79 Å². The molecule has 1 unspecified atom stereocenters. The van der Waals surface area contributed by atoms with Crippen molar-refractivity contribution in [2.45, 2.75) is 52.5 Å². The van der Waals surface area contributed by atoms with E-state index in [-0.39, 0.29) is 5.91 Å². The fourth-order valence-electron chi connectivity index (χ4n) is 2.31. The van der Waals surface area contributed by atoms with Crippen LogP contribution in [0.3, 0.4) is 0 Å². The number of hydrogen-bond acceptors (Lipinski definition) is 3. The zero-order valence-electron chi connectivity index (χ0n) is 13.7. The number of nitrogens with two attached hydrogens (primary N) is 1. The fourth-order valence-corrected chi connectivity index (χ4v) is 2.31. The standard InChI is InChI=1S/C17H28N2O2/c1-5-19-17(4,16(18)20)10-6-7-11-21-15-12-13(2)8-9-14(15)3/h8-9,12,19H,5-7,10-11H2,1-4H3,(H2,18,20). The number of nitrogens with one attached hydrogen (secondary N) is 1. The van der Waals surface area contributed by atoms with Crippen LogP contribution < -0.4 is 15.8 Å². The van der Waals surface area contributed by atoms with Crippen LogP contribution in [0, 0.1) is 13.8 Å². The average Bonchev–Trinajstić information content (AvgIpc) is 2.42. The minimum Gasteiger partial charge on any atom is -0.493 e. The summed E-state index contributed by atoms with van der Waals surface area (Å²) in [5.74, 6) is 0.652. The summed E-state index contributed by atoms with van der Waals surface area (Å²) in [7, 11) is 0. The summed E-state index contributed by atoms with van der Waals surface area (Å²) < 4.78 is 5.82. The number of ether oxygens (including phenoxy) is 1. The van der Waals surface area contributed by atoms with Gasteiger partial charge in [-0.05, 0) is 63.8 Å². The molecule has 4 heteroatoms. The smallest absolute Gasteiger partial charge is 0.237 e. The Labute approximate surface area is 128 Å². The Hall–Kier alpha value is -1.55. The second-order valence-electron chi connectivity index (χ2n) is 5.80. The van der Waals surface area contributed by atoms with Crippen molar-refractivity contribution >= 4 is 5.91 Å². The maximum Gasteiger partial charge on any atom is 0.237 e. The van der Waals surface area contributed by atoms with E-state index in [0.717, 1.165) is 37.1 Å². The lowest BCUT2D eigenvalue weighted by atomic mass is 9.94. The van der Waals surface area contributed by atoms with Crippen LogP contribution in [0.25, 0.3) is 0 Å². The van der Waals surface area contributed by atoms with Crippen LogP contribution in [0.2, 0.25) is 0 Å². The van der Waals surface area contributed by atoms with E-state index < -0.39 is 5.54 Å². The van der Waals surface area contributed by atoms with E-state index in [0.29, 0.717) is 6.61 Å². The summed E-state index contributed by atoms with van der Waals surface area (Å²) in [5.41, 5.74) is 7.20. The highest BCUT2D eigenvalue weighted by Crippen LogP contribution is 2.20. The summed E-state index contributed by atoms with van der Waals surface area (Å²) in [6.07, 6.45) is 2.53. The predicted octanol–water partition coefficient (Wildman–Crippen LogP) is 2.71. The molecule has 1 amide bonds. The number of rotatable bonds is 9. The minimum atomic E-state index is -0.617. The van der Waals surface area contributed by atoms with Crippen LogP contribution >= 0.6 is 0 Å². The first-order chi connectivity index (χ1) is 9.89. The average molecular weight is 292 g/mol. The molecule has 0 aromatic heterocycles. The van der Waals surface area contributed by atoms with E-state index in [2.05, 4.69) is 30.4 Å². The molecule has 21 heavy (non-hydrogen) atoms. The van der Waals surface area contributed by atoms with Crippen molar-refractivity contribution in [3.8, 4) is 5.75 Å². The van der Waals surface area contributed by atoms with Gasteiger partial charge in [0, 0.05) is 0 Å². The third kappa shape index (κ3) is 5.38. The molecule has 3 N–H and O–H groups in total. The second kappa shape index (κ2) is 8.03. The second-order valence-corrected chi connectivity index (χ2v) is 5.80. The number of benzene rings is 1. The third-order valence-electron chi connectivity index (χ3n) is 3.78. The highest BCUT2D eigenvalue weighted by molar-refractivity contribution is 5.84.